The number of anilines is 2. The molecule has 5 heteroatoms. The van der Waals surface area contributed by atoms with Crippen LogP contribution in [-0.4, -0.2) is 25.0 Å². The molecule has 1 amide bonds. The second-order valence-corrected chi connectivity index (χ2v) is 5.37. The number of halogens is 1. The van der Waals surface area contributed by atoms with Crippen LogP contribution in [0.2, 0.25) is 5.02 Å². The molecule has 1 heterocycles. The molecule has 0 atom stereocenters. The predicted molar refractivity (Wildman–Crippen MR) is 87.4 cm³/mol. The van der Waals surface area contributed by atoms with E-state index in [2.05, 4.69) is 16.4 Å². The van der Waals surface area contributed by atoms with E-state index in [4.69, 9.17) is 11.6 Å². The van der Waals surface area contributed by atoms with Crippen molar-refractivity contribution in [3.63, 3.8) is 0 Å². The first-order valence-corrected chi connectivity index (χ1v) is 7.00. The monoisotopic (exact) mass is 303 g/mol. The van der Waals surface area contributed by atoms with Gasteiger partial charge in [0.2, 0.25) is 0 Å². The number of rotatable bonds is 3. The Hall–Kier alpha value is -2.07. The first kappa shape index (κ1) is 15.3. The Labute approximate surface area is 129 Å². The van der Waals surface area contributed by atoms with Gasteiger partial charge in [0.25, 0.3) is 5.91 Å². The van der Waals surface area contributed by atoms with Crippen LogP contribution >= 0.6 is 11.6 Å². The highest BCUT2D eigenvalue weighted by Gasteiger charge is 2.17. The lowest BCUT2D eigenvalue weighted by atomic mass is 10.1. The van der Waals surface area contributed by atoms with Crippen LogP contribution in [0.3, 0.4) is 0 Å². The van der Waals surface area contributed by atoms with Crippen LogP contribution in [0.5, 0.6) is 0 Å². The molecule has 1 aromatic carbocycles. The maximum atomic E-state index is 12.5. The second kappa shape index (κ2) is 6.14. The molecule has 0 aliphatic carbocycles. The van der Waals surface area contributed by atoms with E-state index >= 15 is 0 Å². The summed E-state index contributed by atoms with van der Waals surface area (Å²) in [6.07, 6.45) is 1.53. The van der Waals surface area contributed by atoms with E-state index in [0.717, 1.165) is 11.3 Å². The Bertz CT molecular complexity index is 685. The number of nitrogens with zero attached hydrogens (tertiary/aromatic N) is 2. The number of hydrogen-bond acceptors (Lipinski definition) is 3. The van der Waals surface area contributed by atoms with Crippen LogP contribution in [-0.2, 0) is 0 Å². The Morgan fingerprint density at radius 1 is 1.29 bits per heavy atom. The van der Waals surface area contributed by atoms with Crippen LogP contribution < -0.4 is 10.2 Å². The predicted octanol–water partition coefficient (Wildman–Crippen LogP) is 3.67. The van der Waals surface area contributed by atoms with Gasteiger partial charge in [0.15, 0.2) is 0 Å². The van der Waals surface area contributed by atoms with Gasteiger partial charge in [0.1, 0.15) is 5.82 Å². The molecule has 1 N–H and O–H groups in total. The van der Waals surface area contributed by atoms with E-state index in [9.17, 15) is 4.79 Å². The summed E-state index contributed by atoms with van der Waals surface area (Å²) in [5, 5.41) is 3.30. The molecule has 0 spiro atoms. The van der Waals surface area contributed by atoms with Crippen molar-refractivity contribution in [2.75, 3.05) is 24.3 Å². The van der Waals surface area contributed by atoms with Crippen molar-refractivity contribution in [2.45, 2.75) is 13.8 Å². The summed E-state index contributed by atoms with van der Waals surface area (Å²) >= 11 is 6.08. The summed E-state index contributed by atoms with van der Waals surface area (Å²) in [4.78, 5) is 18.3. The molecule has 0 aliphatic heterocycles. The third kappa shape index (κ3) is 3.16. The van der Waals surface area contributed by atoms with Gasteiger partial charge in [-0.25, -0.2) is 4.98 Å². The lowest BCUT2D eigenvalue weighted by molar-refractivity contribution is 0.0992. The van der Waals surface area contributed by atoms with Gasteiger partial charge < -0.3 is 10.2 Å². The number of benzene rings is 1. The van der Waals surface area contributed by atoms with E-state index in [1.165, 1.54) is 11.8 Å². The van der Waals surface area contributed by atoms with Gasteiger partial charge in [-0.15, -0.1) is 0 Å². The summed E-state index contributed by atoms with van der Waals surface area (Å²) in [5.41, 5.74) is 3.55. The van der Waals surface area contributed by atoms with Crippen LogP contribution in [0.25, 0.3) is 0 Å². The molecule has 0 unspecified atom stereocenters. The molecule has 110 valence electrons. The minimum atomic E-state index is -0.140. The van der Waals surface area contributed by atoms with Crippen LogP contribution in [0.15, 0.2) is 30.5 Å². The lowest BCUT2D eigenvalue weighted by Gasteiger charge is -2.20. The number of hydrogen-bond donors (Lipinski definition) is 1. The van der Waals surface area contributed by atoms with Gasteiger partial charge in [0, 0.05) is 26.0 Å². The quantitative estimate of drug-likeness (QED) is 0.941. The van der Waals surface area contributed by atoms with Crippen molar-refractivity contribution in [3.05, 3.63) is 52.2 Å². The number of nitrogens with one attached hydrogen (secondary N) is 1. The van der Waals surface area contributed by atoms with E-state index in [-0.39, 0.29) is 5.91 Å². The Balaban J connectivity index is 2.32. The van der Waals surface area contributed by atoms with E-state index < -0.39 is 0 Å². The molecule has 0 saturated heterocycles. The average Bonchev–Trinajstić information content (AvgIpc) is 2.45. The minimum absolute atomic E-state index is 0.140. The number of aromatic nitrogens is 1. The third-order valence-electron chi connectivity index (χ3n) is 3.34. The standard InChI is InChI=1S/C16H18ClN3O/c1-10-5-6-14(11(2)7-10)20(4)16(21)12-8-13(17)15(18-3)19-9-12/h5-9H,1-4H3,(H,18,19). The summed E-state index contributed by atoms with van der Waals surface area (Å²) in [5.74, 6) is 0.418. The largest absolute Gasteiger partial charge is 0.372 e. The molecule has 4 nitrogen and oxygen atoms in total. The minimum Gasteiger partial charge on any atom is -0.372 e. The van der Waals surface area contributed by atoms with Gasteiger partial charge in [-0.3, -0.25) is 4.79 Å². The van der Waals surface area contributed by atoms with E-state index in [0.29, 0.717) is 16.4 Å². The van der Waals surface area contributed by atoms with Crippen molar-refractivity contribution >= 4 is 29.0 Å². The van der Waals surface area contributed by atoms with Crippen LogP contribution in [0.4, 0.5) is 11.5 Å². The highest BCUT2D eigenvalue weighted by atomic mass is 35.5. The van der Waals surface area contributed by atoms with E-state index in [1.54, 1.807) is 25.1 Å². The first-order valence-electron chi connectivity index (χ1n) is 6.62. The number of pyridine rings is 1. The molecule has 0 radical (unpaired) electrons. The fourth-order valence-corrected chi connectivity index (χ4v) is 2.48. The highest BCUT2D eigenvalue weighted by molar-refractivity contribution is 6.33. The van der Waals surface area contributed by atoms with Crippen molar-refractivity contribution in [1.29, 1.82) is 0 Å². The third-order valence-corrected chi connectivity index (χ3v) is 3.63. The Kier molecular flexibility index (Phi) is 4.48. The zero-order chi connectivity index (χ0) is 15.6. The Morgan fingerprint density at radius 3 is 2.57 bits per heavy atom. The van der Waals surface area contributed by atoms with Gasteiger partial charge in [-0.05, 0) is 31.5 Å². The topological polar surface area (TPSA) is 45.2 Å². The van der Waals surface area contributed by atoms with E-state index in [1.807, 2.05) is 26.0 Å². The number of amides is 1. The zero-order valence-electron chi connectivity index (χ0n) is 12.6. The van der Waals surface area contributed by atoms with Crippen molar-refractivity contribution in [3.8, 4) is 0 Å². The number of carbonyl (C=O) groups is 1. The summed E-state index contributed by atoms with van der Waals surface area (Å²) in [6, 6.07) is 7.61. The van der Waals surface area contributed by atoms with Gasteiger partial charge >= 0.3 is 0 Å². The SMILES string of the molecule is CNc1ncc(C(=O)N(C)c2ccc(C)cc2C)cc1Cl. The van der Waals surface area contributed by atoms with Crippen molar-refractivity contribution in [1.82, 2.24) is 4.98 Å². The highest BCUT2D eigenvalue weighted by Crippen LogP contribution is 2.24. The van der Waals surface area contributed by atoms with Gasteiger partial charge in [-0.2, -0.15) is 0 Å². The molecular formula is C16H18ClN3O. The first-order chi connectivity index (χ1) is 9.93. The van der Waals surface area contributed by atoms with Gasteiger partial charge in [0.05, 0.1) is 10.6 Å². The molecule has 0 fully saturated rings. The summed E-state index contributed by atoms with van der Waals surface area (Å²) < 4.78 is 0. The van der Waals surface area contributed by atoms with Crippen molar-refractivity contribution < 1.29 is 4.79 Å². The molecule has 21 heavy (non-hydrogen) atoms. The fourth-order valence-electron chi connectivity index (χ4n) is 2.22. The average molecular weight is 304 g/mol. The van der Waals surface area contributed by atoms with Crippen LogP contribution in [0.1, 0.15) is 21.5 Å². The molecular weight excluding hydrogens is 286 g/mol. The number of aryl methyl sites for hydroxylation is 2. The van der Waals surface area contributed by atoms with Crippen molar-refractivity contribution in [2.24, 2.45) is 0 Å². The summed E-state index contributed by atoms with van der Waals surface area (Å²) in [6.45, 7) is 4.01. The maximum absolute atomic E-state index is 12.5. The molecule has 1 aromatic heterocycles. The fraction of sp³-hybridized carbons (Fsp3) is 0.250. The maximum Gasteiger partial charge on any atom is 0.259 e. The number of carbonyl (C=O) groups excluding carboxylic acids is 1. The summed E-state index contributed by atoms with van der Waals surface area (Å²) in [7, 11) is 3.48. The molecule has 2 aromatic rings. The van der Waals surface area contributed by atoms with Crippen LogP contribution in [0, 0.1) is 13.8 Å². The lowest BCUT2D eigenvalue weighted by Crippen LogP contribution is -2.27. The normalized spacial score (nSPS) is 10.3. The second-order valence-electron chi connectivity index (χ2n) is 4.96. The smallest absolute Gasteiger partial charge is 0.259 e. The molecule has 0 saturated carbocycles. The molecule has 0 aliphatic rings. The zero-order valence-corrected chi connectivity index (χ0v) is 13.3. The Morgan fingerprint density at radius 2 is 2.00 bits per heavy atom. The van der Waals surface area contributed by atoms with Gasteiger partial charge in [-0.1, -0.05) is 29.3 Å². The molecule has 2 rings (SSSR count). The molecule has 0 bridgehead atoms.